The number of phenolic OH excluding ortho intramolecular Hbond substituents is 1. The third-order valence-electron chi connectivity index (χ3n) is 5.65. The van der Waals surface area contributed by atoms with E-state index in [1.54, 1.807) is 18.2 Å². The first-order valence-corrected chi connectivity index (χ1v) is 8.42. The van der Waals surface area contributed by atoms with Crippen molar-refractivity contribution in [3.63, 3.8) is 0 Å². The first kappa shape index (κ1) is 14.2. The van der Waals surface area contributed by atoms with Crippen LogP contribution in [0.1, 0.15) is 30.1 Å². The van der Waals surface area contributed by atoms with Crippen LogP contribution in [-0.2, 0) is 6.54 Å². The van der Waals surface area contributed by atoms with E-state index >= 15 is 0 Å². The molecule has 0 aromatic heterocycles. The summed E-state index contributed by atoms with van der Waals surface area (Å²) >= 11 is 0. The molecule has 0 radical (unpaired) electrons. The minimum absolute atomic E-state index is 0.154. The lowest BCUT2D eigenvalue weighted by Crippen LogP contribution is -2.39. The molecule has 1 saturated heterocycles. The van der Waals surface area contributed by atoms with Crippen molar-refractivity contribution in [2.45, 2.75) is 31.5 Å². The number of rotatable bonds is 0. The molecule has 3 aromatic rings. The van der Waals surface area contributed by atoms with Crippen LogP contribution < -0.4 is 0 Å². The highest BCUT2D eigenvalue weighted by molar-refractivity contribution is 6.11. The SMILES string of the molecule is Oc1ccc2c3c(c4ccc(F)cc4c2c1)CN1CCC[C@H]1[C@H]3O. The monoisotopic (exact) mass is 323 g/mol. The van der Waals surface area contributed by atoms with Gasteiger partial charge in [0.2, 0.25) is 0 Å². The van der Waals surface area contributed by atoms with Crippen molar-refractivity contribution in [2.75, 3.05) is 6.54 Å². The van der Waals surface area contributed by atoms with Crippen LogP contribution in [0.15, 0.2) is 36.4 Å². The number of hydrogen-bond donors (Lipinski definition) is 2. The van der Waals surface area contributed by atoms with Crippen molar-refractivity contribution in [1.29, 1.82) is 0 Å². The van der Waals surface area contributed by atoms with E-state index in [2.05, 4.69) is 4.90 Å². The van der Waals surface area contributed by atoms with Crippen molar-refractivity contribution in [3.8, 4) is 5.75 Å². The van der Waals surface area contributed by atoms with E-state index in [1.165, 1.54) is 12.1 Å². The lowest BCUT2D eigenvalue weighted by atomic mass is 9.83. The smallest absolute Gasteiger partial charge is 0.123 e. The number of halogens is 1. The molecule has 5 rings (SSSR count). The average molecular weight is 323 g/mol. The van der Waals surface area contributed by atoms with E-state index in [0.717, 1.165) is 58.6 Å². The van der Waals surface area contributed by atoms with Crippen molar-refractivity contribution < 1.29 is 14.6 Å². The molecule has 2 N–H and O–H groups in total. The average Bonchev–Trinajstić information content (AvgIpc) is 3.04. The van der Waals surface area contributed by atoms with Crippen molar-refractivity contribution in [2.24, 2.45) is 0 Å². The second-order valence-corrected chi connectivity index (χ2v) is 6.94. The number of aliphatic hydroxyl groups is 1. The molecule has 1 fully saturated rings. The molecule has 0 saturated carbocycles. The van der Waals surface area contributed by atoms with Gasteiger partial charge in [-0.1, -0.05) is 12.1 Å². The minimum Gasteiger partial charge on any atom is -0.508 e. The van der Waals surface area contributed by atoms with Gasteiger partial charge in [0.25, 0.3) is 0 Å². The maximum atomic E-state index is 13.9. The van der Waals surface area contributed by atoms with E-state index in [-0.39, 0.29) is 17.6 Å². The number of aromatic hydroxyl groups is 1. The molecule has 122 valence electrons. The second kappa shape index (κ2) is 4.91. The molecule has 2 atom stereocenters. The van der Waals surface area contributed by atoms with Crippen LogP contribution in [0, 0.1) is 5.82 Å². The Labute approximate surface area is 138 Å². The normalized spacial score (nSPS) is 23.6. The quantitative estimate of drug-likeness (QED) is 0.618. The molecule has 0 unspecified atom stereocenters. The van der Waals surface area contributed by atoms with Gasteiger partial charge in [0.15, 0.2) is 0 Å². The lowest BCUT2D eigenvalue weighted by molar-refractivity contribution is 0.0552. The predicted molar refractivity (Wildman–Crippen MR) is 91.5 cm³/mol. The van der Waals surface area contributed by atoms with Crippen molar-refractivity contribution >= 4 is 21.5 Å². The van der Waals surface area contributed by atoms with Gasteiger partial charge in [0.1, 0.15) is 11.6 Å². The molecule has 2 heterocycles. The highest BCUT2D eigenvalue weighted by atomic mass is 19.1. The highest BCUT2D eigenvalue weighted by Crippen LogP contribution is 2.45. The van der Waals surface area contributed by atoms with Crippen molar-refractivity contribution in [3.05, 3.63) is 53.3 Å². The minimum atomic E-state index is -0.544. The van der Waals surface area contributed by atoms with Gasteiger partial charge in [-0.05, 0) is 76.3 Å². The van der Waals surface area contributed by atoms with Crippen LogP contribution in [0.5, 0.6) is 5.75 Å². The van der Waals surface area contributed by atoms with Gasteiger partial charge in [0, 0.05) is 12.6 Å². The fourth-order valence-corrected chi connectivity index (χ4v) is 4.61. The number of hydrogen-bond acceptors (Lipinski definition) is 3. The number of nitrogens with zero attached hydrogens (tertiary/aromatic N) is 1. The van der Waals surface area contributed by atoms with Crippen molar-refractivity contribution in [1.82, 2.24) is 4.90 Å². The number of aliphatic hydroxyl groups excluding tert-OH is 1. The fraction of sp³-hybridized carbons (Fsp3) is 0.300. The van der Waals surface area contributed by atoms with Gasteiger partial charge >= 0.3 is 0 Å². The summed E-state index contributed by atoms with van der Waals surface area (Å²) in [7, 11) is 0. The maximum absolute atomic E-state index is 13.9. The summed E-state index contributed by atoms with van der Waals surface area (Å²) in [4.78, 5) is 2.34. The van der Waals surface area contributed by atoms with Crippen LogP contribution in [0.4, 0.5) is 4.39 Å². The number of fused-ring (bicyclic) bond motifs is 7. The Hall–Kier alpha value is -2.17. The van der Waals surface area contributed by atoms with Gasteiger partial charge in [-0.15, -0.1) is 0 Å². The molecule has 0 spiro atoms. The molecule has 24 heavy (non-hydrogen) atoms. The Morgan fingerprint density at radius 3 is 2.67 bits per heavy atom. The van der Waals surface area contributed by atoms with Gasteiger partial charge in [-0.3, -0.25) is 4.90 Å². The van der Waals surface area contributed by atoms with Gasteiger partial charge in [-0.2, -0.15) is 0 Å². The molecule has 4 heteroatoms. The molecule has 0 aliphatic carbocycles. The summed E-state index contributed by atoms with van der Waals surface area (Å²) in [5, 5.41) is 24.4. The lowest BCUT2D eigenvalue weighted by Gasteiger charge is -2.37. The van der Waals surface area contributed by atoms with Gasteiger partial charge in [-0.25, -0.2) is 4.39 Å². The third kappa shape index (κ3) is 1.84. The zero-order chi connectivity index (χ0) is 16.4. The molecule has 0 bridgehead atoms. The van der Waals surface area contributed by atoms with Crippen LogP contribution in [0.3, 0.4) is 0 Å². The predicted octanol–water partition coefficient (Wildman–Crippen LogP) is 3.85. The summed E-state index contributed by atoms with van der Waals surface area (Å²) in [5.41, 5.74) is 2.04. The maximum Gasteiger partial charge on any atom is 0.123 e. The van der Waals surface area contributed by atoms with Gasteiger partial charge in [0.05, 0.1) is 6.10 Å². The molecular weight excluding hydrogens is 305 g/mol. The first-order chi connectivity index (χ1) is 11.6. The molecular formula is C20H18FNO2. The molecule has 3 aromatic carbocycles. The standard InChI is InChI=1S/C20H18FNO2/c21-11-3-5-13-15(8-11)16-9-12(23)4-6-14(16)19-17(13)10-22-7-1-2-18(22)20(19)24/h3-6,8-9,18,20,23-24H,1-2,7,10H2/t18-,20+/m0/s1. The molecule has 0 amide bonds. The summed E-state index contributed by atoms with van der Waals surface area (Å²) in [6.07, 6.45) is 1.56. The van der Waals surface area contributed by atoms with Crippen LogP contribution in [0.2, 0.25) is 0 Å². The van der Waals surface area contributed by atoms with E-state index in [9.17, 15) is 14.6 Å². The third-order valence-corrected chi connectivity index (χ3v) is 5.65. The Morgan fingerprint density at radius 2 is 1.79 bits per heavy atom. The number of benzene rings is 3. The first-order valence-electron chi connectivity index (χ1n) is 8.42. The van der Waals surface area contributed by atoms with Crippen LogP contribution >= 0.6 is 0 Å². The Bertz CT molecular complexity index is 984. The van der Waals surface area contributed by atoms with Gasteiger partial charge < -0.3 is 10.2 Å². The zero-order valence-electron chi connectivity index (χ0n) is 13.2. The largest absolute Gasteiger partial charge is 0.508 e. The Kier molecular flexibility index (Phi) is 2.91. The van der Waals surface area contributed by atoms with E-state index in [4.69, 9.17) is 0 Å². The van der Waals surface area contributed by atoms with E-state index in [0.29, 0.717) is 0 Å². The highest BCUT2D eigenvalue weighted by Gasteiger charge is 2.38. The zero-order valence-corrected chi connectivity index (χ0v) is 13.2. The fourth-order valence-electron chi connectivity index (χ4n) is 4.61. The number of phenols is 1. The molecule has 2 aliphatic rings. The van der Waals surface area contributed by atoms with Crippen LogP contribution in [0.25, 0.3) is 21.5 Å². The van der Waals surface area contributed by atoms with E-state index in [1.807, 2.05) is 6.07 Å². The molecule has 3 nitrogen and oxygen atoms in total. The molecule has 2 aliphatic heterocycles. The Balaban J connectivity index is 1.94. The Morgan fingerprint density at radius 1 is 1.00 bits per heavy atom. The summed E-state index contributed by atoms with van der Waals surface area (Å²) in [6.45, 7) is 1.79. The second-order valence-electron chi connectivity index (χ2n) is 6.94. The summed E-state index contributed by atoms with van der Waals surface area (Å²) < 4.78 is 13.9. The summed E-state index contributed by atoms with van der Waals surface area (Å²) in [6, 6.07) is 10.1. The van der Waals surface area contributed by atoms with Crippen LogP contribution in [-0.4, -0.2) is 27.7 Å². The van der Waals surface area contributed by atoms with E-state index < -0.39 is 6.10 Å². The summed E-state index contributed by atoms with van der Waals surface area (Å²) in [5.74, 6) is -0.136. The topological polar surface area (TPSA) is 43.7 Å².